The molecule has 1 saturated heterocycles. The van der Waals surface area contributed by atoms with E-state index in [1.54, 1.807) is 4.90 Å². The number of carbonyl (C=O) groups excluding carboxylic acids is 1. The molecule has 1 aliphatic heterocycles. The number of likely N-dealkylation sites (tertiary alicyclic amines) is 1. The molecule has 5 atom stereocenters. The molecule has 4 rings (SSSR count). The fourth-order valence-corrected chi connectivity index (χ4v) is 4.87. The van der Waals surface area contributed by atoms with Gasteiger partial charge in [-0.1, -0.05) is 13.8 Å². The molecular weight excluding hydrogens is 300 g/mol. The minimum atomic E-state index is -0.537. The van der Waals surface area contributed by atoms with E-state index < -0.39 is 16.9 Å². The maximum Gasteiger partial charge on any atom is 0.323 e. The highest BCUT2D eigenvalue weighted by atomic mass is 16.6. The maximum atomic E-state index is 12.9. The summed E-state index contributed by atoms with van der Waals surface area (Å²) in [6.07, 6.45) is 1.40. The minimum absolute atomic E-state index is 0.124. The molecular formula is C15H20N4O4. The van der Waals surface area contributed by atoms with Gasteiger partial charge in [0, 0.05) is 12.5 Å². The normalized spacial score (nSPS) is 34.6. The number of H-pyrrole nitrogens is 1. The first-order chi connectivity index (χ1) is 10.9. The van der Waals surface area contributed by atoms with Gasteiger partial charge < -0.3 is 10.0 Å². The Labute approximate surface area is 133 Å². The lowest BCUT2D eigenvalue weighted by Gasteiger charge is -2.28. The van der Waals surface area contributed by atoms with Gasteiger partial charge in [0.15, 0.2) is 0 Å². The van der Waals surface area contributed by atoms with Crippen LogP contribution in [-0.4, -0.2) is 49.7 Å². The number of hydrogen-bond acceptors (Lipinski definition) is 5. The van der Waals surface area contributed by atoms with Crippen LogP contribution in [0, 0.1) is 27.9 Å². The number of hydrogen-bond donors (Lipinski definition) is 2. The average Bonchev–Trinajstić information content (AvgIpc) is 3.19. The van der Waals surface area contributed by atoms with Gasteiger partial charge in [-0.25, -0.2) is 0 Å². The van der Waals surface area contributed by atoms with E-state index in [-0.39, 0.29) is 29.3 Å². The van der Waals surface area contributed by atoms with E-state index in [1.165, 1.54) is 0 Å². The number of rotatable bonds is 3. The Morgan fingerprint density at radius 3 is 2.78 bits per heavy atom. The van der Waals surface area contributed by atoms with Gasteiger partial charge in [-0.15, -0.1) is 0 Å². The van der Waals surface area contributed by atoms with Gasteiger partial charge in [-0.3, -0.25) is 20.0 Å². The predicted molar refractivity (Wildman–Crippen MR) is 79.9 cm³/mol. The van der Waals surface area contributed by atoms with Crippen molar-refractivity contribution in [3.63, 3.8) is 0 Å². The largest absolute Gasteiger partial charge is 0.391 e. The second kappa shape index (κ2) is 4.77. The summed E-state index contributed by atoms with van der Waals surface area (Å²) in [5.41, 5.74) is 0.00861. The van der Waals surface area contributed by atoms with Crippen molar-refractivity contribution < 1.29 is 14.8 Å². The van der Waals surface area contributed by atoms with Crippen molar-refractivity contribution >= 4 is 11.6 Å². The van der Waals surface area contributed by atoms with Crippen LogP contribution >= 0.6 is 0 Å². The van der Waals surface area contributed by atoms with Gasteiger partial charge in [-0.05, 0) is 30.6 Å². The molecule has 2 aliphatic carbocycles. The molecule has 2 heterocycles. The van der Waals surface area contributed by atoms with Crippen LogP contribution < -0.4 is 0 Å². The van der Waals surface area contributed by atoms with E-state index in [9.17, 15) is 20.0 Å². The van der Waals surface area contributed by atoms with Gasteiger partial charge >= 0.3 is 5.69 Å². The molecule has 1 aromatic rings. The smallest absolute Gasteiger partial charge is 0.323 e. The zero-order chi connectivity index (χ0) is 16.5. The summed E-state index contributed by atoms with van der Waals surface area (Å²) >= 11 is 0. The third-order valence-corrected chi connectivity index (χ3v) is 5.84. The van der Waals surface area contributed by atoms with Crippen LogP contribution in [0.2, 0.25) is 0 Å². The summed E-state index contributed by atoms with van der Waals surface area (Å²) < 4.78 is 0. The highest BCUT2D eigenvalue weighted by Gasteiger charge is 2.60. The first kappa shape index (κ1) is 14.6. The van der Waals surface area contributed by atoms with Gasteiger partial charge in [-0.2, -0.15) is 5.10 Å². The molecule has 8 nitrogen and oxygen atoms in total. The number of aromatic nitrogens is 2. The molecule has 1 aromatic heterocycles. The number of nitrogens with zero attached hydrogens (tertiary/aromatic N) is 3. The lowest BCUT2D eigenvalue weighted by molar-refractivity contribution is -0.386. The molecule has 0 aromatic carbocycles. The standard InChI is InChI=1S/C15H20N4O4/c1-6(2)10-13(19(22)23)11(17-16-10)15(21)18-5-8-3-7-4-9(8)12(18)14(7)20/h6-9,12,14,20H,3-5H2,1-2H3,(H,16,17). The lowest BCUT2D eigenvalue weighted by atomic mass is 9.88. The van der Waals surface area contributed by atoms with Crippen molar-refractivity contribution in [2.75, 3.05) is 6.54 Å². The molecule has 8 heteroatoms. The van der Waals surface area contributed by atoms with Crippen LogP contribution in [0.3, 0.4) is 0 Å². The van der Waals surface area contributed by atoms with Crippen LogP contribution in [0.25, 0.3) is 0 Å². The second-order valence-electron chi connectivity index (χ2n) is 7.34. The van der Waals surface area contributed by atoms with Crippen molar-refractivity contribution in [3.8, 4) is 0 Å². The van der Waals surface area contributed by atoms with Crippen molar-refractivity contribution in [2.24, 2.45) is 17.8 Å². The Balaban J connectivity index is 1.70. The van der Waals surface area contributed by atoms with Crippen LogP contribution in [0.5, 0.6) is 0 Å². The summed E-state index contributed by atoms with van der Waals surface area (Å²) in [4.78, 5) is 25.4. The van der Waals surface area contributed by atoms with E-state index >= 15 is 0 Å². The van der Waals surface area contributed by atoms with Gasteiger partial charge in [0.1, 0.15) is 5.69 Å². The molecule has 3 fully saturated rings. The molecule has 1 amide bonds. The number of aromatic amines is 1. The van der Waals surface area contributed by atoms with Crippen LogP contribution in [0.4, 0.5) is 5.69 Å². The maximum absolute atomic E-state index is 12.9. The fourth-order valence-electron chi connectivity index (χ4n) is 4.87. The van der Waals surface area contributed by atoms with E-state index in [0.29, 0.717) is 24.1 Å². The summed E-state index contributed by atoms with van der Waals surface area (Å²) in [6.45, 7) is 4.20. The van der Waals surface area contributed by atoms with Crippen molar-refractivity contribution in [1.82, 2.24) is 15.1 Å². The molecule has 2 saturated carbocycles. The number of fused-ring (bicyclic) bond motifs is 1. The second-order valence-corrected chi connectivity index (χ2v) is 7.34. The minimum Gasteiger partial charge on any atom is -0.391 e. The predicted octanol–water partition coefficient (Wildman–Crippen LogP) is 1.28. The zero-order valence-corrected chi connectivity index (χ0v) is 13.1. The van der Waals surface area contributed by atoms with E-state index in [2.05, 4.69) is 10.2 Å². The third-order valence-electron chi connectivity index (χ3n) is 5.84. The Morgan fingerprint density at radius 1 is 1.43 bits per heavy atom. The van der Waals surface area contributed by atoms with Crippen molar-refractivity contribution in [2.45, 2.75) is 44.8 Å². The van der Waals surface area contributed by atoms with Crippen molar-refractivity contribution in [3.05, 3.63) is 21.5 Å². The van der Waals surface area contributed by atoms with Gasteiger partial charge in [0.2, 0.25) is 5.69 Å². The van der Waals surface area contributed by atoms with E-state index in [4.69, 9.17) is 0 Å². The van der Waals surface area contributed by atoms with Crippen molar-refractivity contribution in [1.29, 1.82) is 0 Å². The molecule has 3 aliphatic rings. The number of aliphatic hydroxyl groups excluding tert-OH is 1. The number of nitrogens with one attached hydrogen (secondary N) is 1. The Hall–Kier alpha value is -1.96. The average molecular weight is 320 g/mol. The van der Waals surface area contributed by atoms with Gasteiger partial charge in [0.05, 0.1) is 17.1 Å². The SMILES string of the molecule is CC(C)c1[nH]nc(C(=O)N2CC3CC4CC3C2C4O)c1[N+](=O)[O-]. The van der Waals surface area contributed by atoms with E-state index in [1.807, 2.05) is 13.8 Å². The topological polar surface area (TPSA) is 112 Å². The summed E-state index contributed by atoms with van der Waals surface area (Å²) in [7, 11) is 0. The molecule has 2 N–H and O–H groups in total. The number of aliphatic hydroxyl groups is 1. The lowest BCUT2D eigenvalue weighted by Crippen LogP contribution is -2.44. The fraction of sp³-hybridized carbons (Fsp3) is 0.733. The Morgan fingerprint density at radius 2 is 2.17 bits per heavy atom. The van der Waals surface area contributed by atoms with Crippen LogP contribution in [0.15, 0.2) is 0 Å². The molecule has 2 bridgehead atoms. The van der Waals surface area contributed by atoms with Gasteiger partial charge in [0.25, 0.3) is 5.91 Å². The number of carbonyl (C=O) groups is 1. The molecule has 124 valence electrons. The Bertz CT molecular complexity index is 683. The quantitative estimate of drug-likeness (QED) is 0.643. The monoisotopic (exact) mass is 320 g/mol. The zero-order valence-electron chi connectivity index (χ0n) is 13.1. The number of amides is 1. The highest BCUT2D eigenvalue weighted by Crippen LogP contribution is 2.55. The first-order valence-corrected chi connectivity index (χ1v) is 8.11. The molecule has 5 unspecified atom stereocenters. The first-order valence-electron chi connectivity index (χ1n) is 8.11. The summed E-state index contributed by atoms with van der Waals surface area (Å²) in [5, 5.41) is 28.4. The molecule has 23 heavy (non-hydrogen) atoms. The third kappa shape index (κ3) is 1.87. The Kier molecular flexibility index (Phi) is 3.03. The molecule has 0 radical (unpaired) electrons. The highest BCUT2D eigenvalue weighted by molar-refractivity contribution is 5.97. The van der Waals surface area contributed by atoms with Crippen LogP contribution in [-0.2, 0) is 0 Å². The number of nitro groups is 1. The summed E-state index contributed by atoms with van der Waals surface area (Å²) in [6, 6.07) is -0.204. The van der Waals surface area contributed by atoms with Crippen LogP contribution in [0.1, 0.15) is 48.8 Å². The summed E-state index contributed by atoms with van der Waals surface area (Å²) in [5.74, 6) is 0.467. The molecule has 0 spiro atoms. The van der Waals surface area contributed by atoms with E-state index in [0.717, 1.165) is 12.8 Å².